The van der Waals surface area contributed by atoms with Crippen LogP contribution in [0.5, 0.6) is 23.1 Å². The first kappa shape index (κ1) is 45.4. The Hall–Kier alpha value is -5.18. The second kappa shape index (κ2) is 17.3. The number of pyridine rings is 1. The summed E-state index contributed by atoms with van der Waals surface area (Å²) >= 11 is 0. The lowest BCUT2D eigenvalue weighted by Gasteiger charge is -2.32. The number of rotatable bonds is 9. The van der Waals surface area contributed by atoms with Crippen molar-refractivity contribution in [1.29, 1.82) is 0 Å². The molecule has 14 nitrogen and oxygen atoms in total. The minimum absolute atomic E-state index is 0.00513. The summed E-state index contributed by atoms with van der Waals surface area (Å²) in [5.41, 5.74) is -0.736. The van der Waals surface area contributed by atoms with Crippen molar-refractivity contribution in [2.75, 3.05) is 26.9 Å². The second-order valence-corrected chi connectivity index (χ2v) is 22.2. The molecule has 8 rings (SSSR count). The fraction of sp³-hybridized carbons (Fsp3) is 0.571. The number of fused-ring (bicyclic) bond motifs is 4. The number of carbonyl (C=O) groups excluding carboxylic acids is 4. The third-order valence-corrected chi connectivity index (χ3v) is 15.9. The molecule has 7 atom stereocenters. The molecule has 3 aliphatic heterocycles. The van der Waals surface area contributed by atoms with E-state index in [1.807, 2.05) is 61.5 Å². The van der Waals surface area contributed by atoms with E-state index in [-0.39, 0.29) is 61.1 Å². The zero-order valence-electron chi connectivity index (χ0n) is 37.9. The maximum atomic E-state index is 15.2. The van der Waals surface area contributed by atoms with Gasteiger partial charge in [-0.3, -0.25) is 23.9 Å². The quantitative estimate of drug-likeness (QED) is 0.167. The molecule has 15 heteroatoms. The molecular weight excluding hydrogens is 839 g/mol. The number of hydrogen-bond acceptors (Lipinski definition) is 12. The molecule has 2 aliphatic carbocycles. The van der Waals surface area contributed by atoms with E-state index in [4.69, 9.17) is 28.7 Å². The number of nitrogens with one attached hydrogen (secondary N) is 1. The molecule has 3 aromatic rings. The predicted molar refractivity (Wildman–Crippen MR) is 239 cm³/mol. The van der Waals surface area contributed by atoms with E-state index in [0.29, 0.717) is 73.6 Å². The van der Waals surface area contributed by atoms with E-state index < -0.39 is 55.7 Å². The van der Waals surface area contributed by atoms with Gasteiger partial charge < -0.3 is 28.6 Å². The maximum absolute atomic E-state index is 15.2. The van der Waals surface area contributed by atoms with Gasteiger partial charge in [-0.2, -0.15) is 0 Å². The Morgan fingerprint density at radius 3 is 2.47 bits per heavy atom. The van der Waals surface area contributed by atoms with Crippen LogP contribution in [0.1, 0.15) is 99.3 Å². The molecule has 3 fully saturated rings. The Morgan fingerprint density at radius 2 is 1.75 bits per heavy atom. The predicted octanol–water partition coefficient (Wildman–Crippen LogP) is 7.35. The van der Waals surface area contributed by atoms with Crippen molar-refractivity contribution in [2.24, 2.45) is 29.1 Å². The first-order valence-electron chi connectivity index (χ1n) is 22.6. The summed E-state index contributed by atoms with van der Waals surface area (Å²) in [6.07, 6.45) is 6.22. The number of nitrogens with zero attached hydrogens (tertiary/aromatic N) is 2. The molecule has 2 aromatic carbocycles. The van der Waals surface area contributed by atoms with Crippen molar-refractivity contribution in [3.63, 3.8) is 0 Å². The highest BCUT2D eigenvalue weighted by Gasteiger charge is 2.62. The molecule has 5 aliphatic rings. The minimum Gasteiger partial charge on any atom is -0.497 e. The van der Waals surface area contributed by atoms with Crippen molar-refractivity contribution < 1.29 is 51.3 Å². The van der Waals surface area contributed by atoms with E-state index in [9.17, 15) is 22.8 Å². The number of ether oxygens (including phenoxy) is 5. The Kier molecular flexibility index (Phi) is 12.3. The largest absolute Gasteiger partial charge is 0.497 e. The molecule has 1 aromatic heterocycles. The van der Waals surface area contributed by atoms with Gasteiger partial charge in [0.25, 0.3) is 0 Å². The minimum atomic E-state index is -3.99. The van der Waals surface area contributed by atoms with Gasteiger partial charge in [-0.05, 0) is 132 Å². The molecule has 0 bridgehead atoms. The average Bonchev–Trinajstić information content (AvgIpc) is 4.13. The summed E-state index contributed by atoms with van der Waals surface area (Å²) in [6, 6.07) is 12.0. The number of aromatic nitrogens is 1. The molecular formula is C49H61N3O11S. The van der Waals surface area contributed by atoms with Crippen molar-refractivity contribution in [3.05, 3.63) is 54.6 Å². The summed E-state index contributed by atoms with van der Waals surface area (Å²) in [5, 5.41) is 1.47. The van der Waals surface area contributed by atoms with Gasteiger partial charge >= 0.3 is 5.97 Å². The van der Waals surface area contributed by atoms with Crippen LogP contribution in [-0.4, -0.2) is 91.2 Å². The topological polar surface area (TPSA) is 177 Å². The number of carbonyl (C=O) groups is 4. The molecule has 0 spiro atoms. The standard InChI is InChI=1S/C49H61N3O11S/c1-29-10-8-9-11-33-26-49(33,46(56)51-64(57,58)48(6)16-17-48)27-40(53)39-24-35(28-52(39)45(55)37(30(2)20-29)25-43(54)63-47(3,4)5)62-44-36-14-13-34(59-7)21-32(36)22-38(50-44)31-12-15-41-42(23-31)61-19-18-60-41/h9,11-15,21-23,29-30,33,35,37,39H,8,10,16-20,24-28H2,1-7H3,(H,51,56)/b11-9-/t29-,30-,33-,35?,37+,39+,49-/m1/s1. The van der Waals surface area contributed by atoms with E-state index in [1.165, 1.54) is 4.90 Å². The zero-order chi connectivity index (χ0) is 45.8. The van der Waals surface area contributed by atoms with Gasteiger partial charge in [-0.25, -0.2) is 13.4 Å². The summed E-state index contributed by atoms with van der Waals surface area (Å²) in [5.74, 6) is -1.03. The molecule has 1 saturated heterocycles. The molecule has 0 radical (unpaired) electrons. The maximum Gasteiger partial charge on any atom is 0.307 e. The lowest BCUT2D eigenvalue weighted by molar-refractivity contribution is -0.160. The lowest BCUT2D eigenvalue weighted by atomic mass is 9.82. The monoisotopic (exact) mass is 899 g/mol. The summed E-state index contributed by atoms with van der Waals surface area (Å²) in [7, 11) is -2.40. The van der Waals surface area contributed by atoms with Crippen molar-refractivity contribution in [2.45, 2.75) is 122 Å². The molecule has 64 heavy (non-hydrogen) atoms. The van der Waals surface area contributed by atoms with Crippen molar-refractivity contribution in [3.8, 4) is 34.4 Å². The number of esters is 1. The number of Topliss-reactive ketones (excluding diaryl/α,β-unsaturated/α-hetero) is 1. The Labute approximate surface area is 375 Å². The smallest absolute Gasteiger partial charge is 0.307 e. The number of hydrogen-bond donors (Lipinski definition) is 1. The molecule has 2 saturated carbocycles. The summed E-state index contributed by atoms with van der Waals surface area (Å²) in [6.45, 7) is 11.9. The van der Waals surface area contributed by atoms with Gasteiger partial charge in [0.15, 0.2) is 17.3 Å². The fourth-order valence-electron chi connectivity index (χ4n) is 9.58. The molecule has 1 N–H and O–H groups in total. The van der Waals surface area contributed by atoms with Gasteiger partial charge in [-0.1, -0.05) is 26.0 Å². The first-order valence-corrected chi connectivity index (χ1v) is 24.1. The number of amides is 2. The number of sulfonamides is 1. The number of benzene rings is 2. The molecule has 2 amide bonds. The van der Waals surface area contributed by atoms with E-state index in [0.717, 1.165) is 17.4 Å². The molecule has 1 unspecified atom stereocenters. The van der Waals surface area contributed by atoms with Gasteiger partial charge in [0.2, 0.25) is 27.7 Å². The van der Waals surface area contributed by atoms with Gasteiger partial charge in [0.1, 0.15) is 30.7 Å². The van der Waals surface area contributed by atoms with Crippen LogP contribution in [0.4, 0.5) is 0 Å². The highest BCUT2D eigenvalue weighted by molar-refractivity contribution is 7.91. The number of ketones is 1. The van der Waals surface area contributed by atoms with Crippen LogP contribution in [0.3, 0.4) is 0 Å². The first-order chi connectivity index (χ1) is 30.3. The molecule has 344 valence electrons. The Bertz CT molecular complexity index is 2480. The van der Waals surface area contributed by atoms with E-state index in [2.05, 4.69) is 11.6 Å². The van der Waals surface area contributed by atoms with Crippen LogP contribution in [0.15, 0.2) is 54.6 Å². The normalized spacial score (nSPS) is 28.5. The summed E-state index contributed by atoms with van der Waals surface area (Å²) in [4.78, 5) is 64.3. The highest BCUT2D eigenvalue weighted by atomic mass is 32.2. The number of methoxy groups -OCH3 is 1. The van der Waals surface area contributed by atoms with Crippen LogP contribution in [0, 0.1) is 29.1 Å². The third kappa shape index (κ3) is 9.46. The van der Waals surface area contributed by atoms with Crippen molar-refractivity contribution in [1.82, 2.24) is 14.6 Å². The Balaban J connectivity index is 1.16. The molecule has 4 heterocycles. The second-order valence-electron chi connectivity index (χ2n) is 20.0. The van der Waals surface area contributed by atoms with Gasteiger partial charge in [-0.15, -0.1) is 0 Å². The SMILES string of the molecule is COc1ccc2c(OC3C[C@H]4C(=O)C[C@]5(C(=O)NS(=O)(=O)C6(C)CC6)C[C@H]5/C=C\CC[C@@H](C)C[C@@H](C)[C@H](CC(=O)OC(C)(C)C)C(=O)N4C3)nc(-c3ccc4c(c3)OCCO4)cc2c1. The third-order valence-electron chi connectivity index (χ3n) is 13.7. The van der Waals surface area contributed by atoms with Crippen molar-refractivity contribution >= 4 is 44.4 Å². The average molecular weight is 900 g/mol. The highest BCUT2D eigenvalue weighted by Crippen LogP contribution is 2.58. The summed E-state index contributed by atoms with van der Waals surface area (Å²) < 4.78 is 57.8. The van der Waals surface area contributed by atoms with Crippen LogP contribution in [0.2, 0.25) is 0 Å². The fourth-order valence-corrected chi connectivity index (χ4v) is 10.9. The van der Waals surface area contributed by atoms with Crippen LogP contribution in [0.25, 0.3) is 22.0 Å². The van der Waals surface area contributed by atoms with Crippen LogP contribution < -0.4 is 23.7 Å². The van der Waals surface area contributed by atoms with E-state index in [1.54, 1.807) is 34.8 Å². The zero-order valence-corrected chi connectivity index (χ0v) is 38.8. The number of allylic oxidation sites excluding steroid dienone is 2. The van der Waals surface area contributed by atoms with E-state index >= 15 is 4.79 Å². The van der Waals surface area contributed by atoms with Crippen LogP contribution >= 0.6 is 0 Å². The lowest BCUT2D eigenvalue weighted by Crippen LogP contribution is -2.48. The van der Waals surface area contributed by atoms with Crippen LogP contribution in [-0.2, 0) is 33.9 Å². The van der Waals surface area contributed by atoms with Gasteiger partial charge in [0.05, 0.1) is 47.9 Å². The van der Waals surface area contributed by atoms with Gasteiger partial charge in [0, 0.05) is 23.8 Å². The Morgan fingerprint density at radius 1 is 1.00 bits per heavy atom.